The van der Waals surface area contributed by atoms with Crippen molar-refractivity contribution in [1.29, 1.82) is 0 Å². The first-order valence-electron chi connectivity index (χ1n) is 11.3. The summed E-state index contributed by atoms with van der Waals surface area (Å²) in [6, 6.07) is 30.6. The summed E-state index contributed by atoms with van der Waals surface area (Å²) >= 11 is 11.7. The quantitative estimate of drug-likeness (QED) is 0.242. The van der Waals surface area contributed by atoms with Gasteiger partial charge in [0.05, 0.1) is 0 Å². The van der Waals surface area contributed by atoms with E-state index in [0.717, 1.165) is 27.1 Å². The highest BCUT2D eigenvalue weighted by Crippen LogP contribution is 2.31. The van der Waals surface area contributed by atoms with Crippen molar-refractivity contribution in [2.24, 2.45) is 0 Å². The van der Waals surface area contributed by atoms with Crippen LogP contribution >= 0.6 is 23.8 Å². The highest BCUT2D eigenvalue weighted by atomic mass is 35.5. The number of carbonyl (C=O) groups excluding carboxylic acids is 1. The lowest BCUT2D eigenvalue weighted by atomic mass is 10.0. The zero-order chi connectivity index (χ0) is 24.6. The molecule has 0 aliphatic rings. The van der Waals surface area contributed by atoms with Crippen molar-refractivity contribution in [1.82, 2.24) is 10.3 Å². The van der Waals surface area contributed by atoms with E-state index < -0.39 is 0 Å². The standard InChI is InChI=1S/C29H18ClN3O2S/c30-24-13-5-9-20-21(24)10-4-11-22(20)27(34)33-29(36)31-18-14-15-26-25(16-18)32-28(35-26)23-12-3-7-17-6-1-2-8-19(17)23/h1-16H,(H2,31,33,34,36). The average Bonchev–Trinajstić information content (AvgIpc) is 3.31. The fourth-order valence-corrected chi connectivity index (χ4v) is 4.78. The van der Waals surface area contributed by atoms with Gasteiger partial charge in [-0.25, -0.2) is 4.98 Å². The van der Waals surface area contributed by atoms with E-state index >= 15 is 0 Å². The molecule has 2 N–H and O–H groups in total. The molecule has 0 radical (unpaired) electrons. The van der Waals surface area contributed by atoms with Crippen LogP contribution in [-0.2, 0) is 0 Å². The Kier molecular flexibility index (Phi) is 5.60. The summed E-state index contributed by atoms with van der Waals surface area (Å²) in [6.07, 6.45) is 0. The van der Waals surface area contributed by atoms with E-state index in [0.29, 0.717) is 33.3 Å². The number of oxazole rings is 1. The summed E-state index contributed by atoms with van der Waals surface area (Å²) in [5.74, 6) is 0.227. The van der Waals surface area contributed by atoms with Gasteiger partial charge in [0.1, 0.15) is 5.52 Å². The van der Waals surface area contributed by atoms with Crippen LogP contribution in [0.2, 0.25) is 5.02 Å². The lowest BCUT2D eigenvalue weighted by Gasteiger charge is -2.11. The number of halogens is 1. The average molecular weight is 508 g/mol. The molecular formula is C29H18ClN3O2S. The summed E-state index contributed by atoms with van der Waals surface area (Å²) in [6.45, 7) is 0. The van der Waals surface area contributed by atoms with Gasteiger partial charge in [0, 0.05) is 27.2 Å². The molecule has 0 bridgehead atoms. The molecule has 0 saturated carbocycles. The summed E-state index contributed by atoms with van der Waals surface area (Å²) in [5, 5.41) is 10.3. The second kappa shape index (κ2) is 9.07. The number of nitrogens with one attached hydrogen (secondary N) is 2. The number of hydrogen-bond acceptors (Lipinski definition) is 4. The molecule has 174 valence electrons. The third-order valence-corrected chi connectivity index (χ3v) is 6.54. The molecular weight excluding hydrogens is 490 g/mol. The molecule has 1 amide bonds. The number of benzene rings is 5. The molecule has 0 unspecified atom stereocenters. The Morgan fingerprint density at radius 3 is 2.50 bits per heavy atom. The van der Waals surface area contributed by atoms with Gasteiger partial charge in [-0.3, -0.25) is 10.1 Å². The van der Waals surface area contributed by atoms with E-state index in [1.807, 2.05) is 60.7 Å². The van der Waals surface area contributed by atoms with Gasteiger partial charge in [-0.2, -0.15) is 0 Å². The number of amides is 1. The number of carbonyl (C=O) groups is 1. The maximum absolute atomic E-state index is 12.9. The topological polar surface area (TPSA) is 67.2 Å². The molecule has 36 heavy (non-hydrogen) atoms. The first-order chi connectivity index (χ1) is 17.6. The molecule has 6 aromatic rings. The minimum absolute atomic E-state index is 0.177. The number of anilines is 1. The van der Waals surface area contributed by atoms with Crippen molar-refractivity contribution in [3.63, 3.8) is 0 Å². The Bertz CT molecular complexity index is 1810. The summed E-state index contributed by atoms with van der Waals surface area (Å²) in [5.41, 5.74) is 3.45. The highest BCUT2D eigenvalue weighted by Gasteiger charge is 2.14. The molecule has 1 heterocycles. The van der Waals surface area contributed by atoms with E-state index in [1.165, 1.54) is 0 Å². The van der Waals surface area contributed by atoms with Crippen LogP contribution in [0, 0.1) is 0 Å². The van der Waals surface area contributed by atoms with Crippen molar-refractivity contribution >= 4 is 73.2 Å². The second-order valence-electron chi connectivity index (χ2n) is 8.28. The molecule has 0 saturated heterocycles. The molecule has 5 aromatic carbocycles. The Labute approximate surface area is 216 Å². The van der Waals surface area contributed by atoms with Gasteiger partial charge in [0.15, 0.2) is 10.7 Å². The zero-order valence-corrected chi connectivity index (χ0v) is 20.4. The van der Waals surface area contributed by atoms with Crippen LogP contribution in [-0.4, -0.2) is 16.0 Å². The van der Waals surface area contributed by atoms with Crippen LogP contribution in [0.3, 0.4) is 0 Å². The van der Waals surface area contributed by atoms with Crippen LogP contribution in [0.25, 0.3) is 44.1 Å². The normalized spacial score (nSPS) is 11.1. The molecule has 6 rings (SSSR count). The predicted molar refractivity (Wildman–Crippen MR) is 150 cm³/mol. The van der Waals surface area contributed by atoms with Crippen molar-refractivity contribution in [2.75, 3.05) is 5.32 Å². The Balaban J connectivity index is 1.23. The number of thiocarbonyl (C=S) groups is 1. The van der Waals surface area contributed by atoms with Crippen LogP contribution < -0.4 is 10.6 Å². The smallest absolute Gasteiger partial charge is 0.258 e. The van der Waals surface area contributed by atoms with Gasteiger partial charge < -0.3 is 9.73 Å². The summed E-state index contributed by atoms with van der Waals surface area (Å²) < 4.78 is 6.04. The highest BCUT2D eigenvalue weighted by molar-refractivity contribution is 7.80. The largest absolute Gasteiger partial charge is 0.436 e. The second-order valence-corrected chi connectivity index (χ2v) is 9.09. The minimum atomic E-state index is -0.318. The summed E-state index contributed by atoms with van der Waals surface area (Å²) in [4.78, 5) is 17.6. The minimum Gasteiger partial charge on any atom is -0.436 e. The molecule has 0 fully saturated rings. The van der Waals surface area contributed by atoms with E-state index in [9.17, 15) is 4.79 Å². The van der Waals surface area contributed by atoms with Gasteiger partial charge in [-0.1, -0.05) is 72.3 Å². The molecule has 5 nitrogen and oxygen atoms in total. The van der Waals surface area contributed by atoms with Gasteiger partial charge in [-0.05, 0) is 64.8 Å². The molecule has 1 aromatic heterocycles. The Morgan fingerprint density at radius 2 is 1.58 bits per heavy atom. The van der Waals surface area contributed by atoms with Crippen molar-refractivity contribution in [2.45, 2.75) is 0 Å². The number of aromatic nitrogens is 1. The van der Waals surface area contributed by atoms with Gasteiger partial charge in [0.25, 0.3) is 5.91 Å². The van der Waals surface area contributed by atoms with E-state index in [1.54, 1.807) is 18.2 Å². The van der Waals surface area contributed by atoms with Crippen molar-refractivity contribution in [3.8, 4) is 11.5 Å². The van der Waals surface area contributed by atoms with Crippen LogP contribution in [0.1, 0.15) is 10.4 Å². The fourth-order valence-electron chi connectivity index (χ4n) is 4.33. The summed E-state index contributed by atoms with van der Waals surface area (Å²) in [7, 11) is 0. The molecule has 0 atom stereocenters. The maximum Gasteiger partial charge on any atom is 0.258 e. The zero-order valence-electron chi connectivity index (χ0n) is 18.8. The SMILES string of the molecule is O=C(NC(=S)Nc1ccc2oc(-c3cccc4ccccc34)nc2c1)c1cccc2c(Cl)cccc12. The molecule has 0 aliphatic carbocycles. The molecule has 7 heteroatoms. The van der Waals surface area contributed by atoms with Gasteiger partial charge in [0.2, 0.25) is 5.89 Å². The predicted octanol–water partition coefficient (Wildman–Crippen LogP) is 7.58. The Hall–Kier alpha value is -4.26. The third-order valence-electron chi connectivity index (χ3n) is 6.01. The van der Waals surface area contributed by atoms with Gasteiger partial charge in [-0.15, -0.1) is 0 Å². The van der Waals surface area contributed by atoms with Crippen molar-refractivity contribution < 1.29 is 9.21 Å². The monoisotopic (exact) mass is 507 g/mol. The lowest BCUT2D eigenvalue weighted by molar-refractivity contribution is 0.0979. The number of rotatable bonds is 3. The first kappa shape index (κ1) is 22.2. The third kappa shape index (κ3) is 4.06. The number of fused-ring (bicyclic) bond motifs is 3. The number of nitrogens with zero attached hydrogens (tertiary/aromatic N) is 1. The number of hydrogen-bond donors (Lipinski definition) is 2. The fraction of sp³-hybridized carbons (Fsp3) is 0. The van der Waals surface area contributed by atoms with Crippen LogP contribution in [0.5, 0.6) is 0 Å². The van der Waals surface area contributed by atoms with E-state index in [-0.39, 0.29) is 11.0 Å². The molecule has 0 aliphatic heterocycles. The molecule has 0 spiro atoms. The van der Waals surface area contributed by atoms with E-state index in [2.05, 4.69) is 28.8 Å². The Morgan fingerprint density at radius 1 is 0.833 bits per heavy atom. The van der Waals surface area contributed by atoms with E-state index in [4.69, 9.17) is 33.2 Å². The first-order valence-corrected chi connectivity index (χ1v) is 12.0. The van der Waals surface area contributed by atoms with Gasteiger partial charge >= 0.3 is 0 Å². The van der Waals surface area contributed by atoms with Crippen LogP contribution in [0.15, 0.2) is 101 Å². The van der Waals surface area contributed by atoms with Crippen molar-refractivity contribution in [3.05, 3.63) is 108 Å². The lowest BCUT2D eigenvalue weighted by Crippen LogP contribution is -2.34. The van der Waals surface area contributed by atoms with Crippen LogP contribution in [0.4, 0.5) is 5.69 Å². The maximum atomic E-state index is 12.9.